The van der Waals surface area contributed by atoms with Crippen LogP contribution in [0.1, 0.15) is 33.9 Å². The first kappa shape index (κ1) is 24.5. The van der Waals surface area contributed by atoms with Crippen LogP contribution in [0.25, 0.3) is 33.8 Å². The number of halogens is 1. The molecule has 1 atom stereocenters. The molecule has 0 saturated carbocycles. The SMILES string of the molecule is Cc1c(O)c(O)c(C2C=Cc3c(n(-c4ccc(-c5ccc(C#N)cc5)cc4)c4ccc(Cl)cc34)C2)c(O)c1O. The maximum Gasteiger partial charge on any atom is 0.165 e. The summed E-state index contributed by atoms with van der Waals surface area (Å²) < 4.78 is 2.13. The van der Waals surface area contributed by atoms with Gasteiger partial charge in [-0.25, -0.2) is 0 Å². The fourth-order valence-corrected chi connectivity index (χ4v) is 5.61. The van der Waals surface area contributed by atoms with Crippen LogP contribution >= 0.6 is 11.6 Å². The third-order valence-electron chi connectivity index (χ3n) is 7.49. The lowest BCUT2D eigenvalue weighted by molar-refractivity contribution is 0.359. The number of nitrogens with zero attached hydrogens (tertiary/aromatic N) is 2. The molecule has 1 aliphatic carbocycles. The fourth-order valence-electron chi connectivity index (χ4n) is 5.44. The molecule has 39 heavy (non-hydrogen) atoms. The van der Waals surface area contributed by atoms with Crippen LogP contribution in [-0.2, 0) is 6.42 Å². The summed E-state index contributed by atoms with van der Waals surface area (Å²) >= 11 is 6.37. The maximum atomic E-state index is 10.7. The summed E-state index contributed by atoms with van der Waals surface area (Å²) in [5, 5.41) is 52.8. The van der Waals surface area contributed by atoms with E-state index in [4.69, 9.17) is 16.9 Å². The summed E-state index contributed by atoms with van der Waals surface area (Å²) in [6, 6.07) is 23.4. The van der Waals surface area contributed by atoms with Crippen LogP contribution < -0.4 is 0 Å². The number of phenols is 4. The second-order valence-corrected chi connectivity index (χ2v) is 10.1. The molecule has 0 bridgehead atoms. The number of hydrogen-bond donors (Lipinski definition) is 4. The van der Waals surface area contributed by atoms with E-state index >= 15 is 0 Å². The van der Waals surface area contributed by atoms with E-state index in [1.54, 1.807) is 12.1 Å². The van der Waals surface area contributed by atoms with Crippen LogP contribution in [0.15, 0.2) is 72.8 Å². The second kappa shape index (κ2) is 9.16. The third-order valence-corrected chi connectivity index (χ3v) is 7.73. The van der Waals surface area contributed by atoms with Gasteiger partial charge in [0.2, 0.25) is 0 Å². The third kappa shape index (κ3) is 3.87. The highest BCUT2D eigenvalue weighted by molar-refractivity contribution is 6.31. The lowest BCUT2D eigenvalue weighted by atomic mass is 9.85. The molecule has 1 aromatic heterocycles. The lowest BCUT2D eigenvalue weighted by Gasteiger charge is -2.23. The molecular weight excluding hydrogens is 512 g/mol. The zero-order chi connectivity index (χ0) is 27.4. The second-order valence-electron chi connectivity index (χ2n) is 9.70. The fraction of sp³-hybridized carbons (Fsp3) is 0.0938. The first-order chi connectivity index (χ1) is 18.8. The van der Waals surface area contributed by atoms with Crippen LogP contribution in [0.2, 0.25) is 5.02 Å². The molecule has 1 unspecified atom stereocenters. The predicted octanol–water partition coefficient (Wildman–Crippen LogP) is 7.31. The number of hydrogen-bond acceptors (Lipinski definition) is 5. The van der Waals surface area contributed by atoms with Crippen molar-refractivity contribution in [2.45, 2.75) is 19.3 Å². The van der Waals surface area contributed by atoms with E-state index in [1.807, 2.05) is 66.7 Å². The number of fused-ring (bicyclic) bond motifs is 3. The van der Waals surface area contributed by atoms with Crippen molar-refractivity contribution >= 4 is 28.6 Å². The molecule has 0 radical (unpaired) electrons. The Morgan fingerprint density at radius 2 is 1.46 bits per heavy atom. The van der Waals surface area contributed by atoms with Gasteiger partial charge in [0.15, 0.2) is 23.0 Å². The zero-order valence-electron chi connectivity index (χ0n) is 20.9. The molecule has 0 amide bonds. The predicted molar refractivity (Wildman–Crippen MR) is 152 cm³/mol. The number of rotatable bonds is 3. The Kier molecular flexibility index (Phi) is 5.75. The van der Waals surface area contributed by atoms with E-state index in [1.165, 1.54) is 6.92 Å². The summed E-state index contributed by atoms with van der Waals surface area (Å²) in [4.78, 5) is 0. The number of aromatic hydroxyl groups is 4. The van der Waals surface area contributed by atoms with Gasteiger partial charge in [0.25, 0.3) is 0 Å². The average molecular weight is 535 g/mol. The molecule has 5 aromatic rings. The summed E-state index contributed by atoms with van der Waals surface area (Å²) in [5.74, 6) is -2.31. The molecule has 4 aromatic carbocycles. The number of phenolic OH excluding ortho intramolecular Hbond substituents is 4. The topological polar surface area (TPSA) is 110 Å². The molecule has 6 rings (SSSR count). The summed E-state index contributed by atoms with van der Waals surface area (Å²) in [5.41, 5.74) is 6.47. The average Bonchev–Trinajstić information content (AvgIpc) is 3.28. The van der Waals surface area contributed by atoms with E-state index in [9.17, 15) is 20.4 Å². The van der Waals surface area contributed by atoms with Crippen molar-refractivity contribution in [2.75, 3.05) is 0 Å². The van der Waals surface area contributed by atoms with Gasteiger partial charge in [-0.2, -0.15) is 5.26 Å². The monoisotopic (exact) mass is 534 g/mol. The van der Waals surface area contributed by atoms with Crippen LogP contribution in [0.4, 0.5) is 0 Å². The van der Waals surface area contributed by atoms with Gasteiger partial charge in [0.05, 0.1) is 22.7 Å². The van der Waals surface area contributed by atoms with E-state index in [-0.39, 0.29) is 11.1 Å². The van der Waals surface area contributed by atoms with Crippen molar-refractivity contribution in [3.63, 3.8) is 0 Å². The van der Waals surface area contributed by atoms with Gasteiger partial charge in [-0.05, 0) is 66.9 Å². The van der Waals surface area contributed by atoms with Crippen molar-refractivity contribution in [2.24, 2.45) is 0 Å². The summed E-state index contributed by atoms with van der Waals surface area (Å²) in [6.45, 7) is 1.42. The first-order valence-electron chi connectivity index (χ1n) is 12.4. The molecule has 0 saturated heterocycles. The molecule has 192 valence electrons. The standard InChI is InChI=1S/C32H23ClN2O4/c1-17-29(36)31(38)28(32(39)30(17)37)21-8-12-24-25-15-22(33)9-13-26(25)35(27(24)14-21)23-10-6-20(7-11-23)19-4-2-18(16-34)3-5-19/h2-13,15,21,36-39H,14H2,1H3. The van der Waals surface area contributed by atoms with E-state index < -0.39 is 28.9 Å². The highest BCUT2D eigenvalue weighted by Crippen LogP contribution is 2.51. The quantitative estimate of drug-likeness (QED) is 0.143. The molecule has 4 N–H and O–H groups in total. The van der Waals surface area contributed by atoms with Gasteiger partial charge in [-0.1, -0.05) is 48.0 Å². The number of nitriles is 1. The van der Waals surface area contributed by atoms with Crippen LogP contribution in [0.3, 0.4) is 0 Å². The van der Waals surface area contributed by atoms with E-state index in [2.05, 4.69) is 10.6 Å². The largest absolute Gasteiger partial charge is 0.504 e. The minimum atomic E-state index is -0.508. The van der Waals surface area contributed by atoms with Crippen molar-refractivity contribution in [3.8, 4) is 45.9 Å². The maximum absolute atomic E-state index is 10.7. The molecule has 0 fully saturated rings. The molecule has 1 aliphatic rings. The van der Waals surface area contributed by atoms with Gasteiger partial charge in [-0.3, -0.25) is 0 Å². The summed E-state index contributed by atoms with van der Waals surface area (Å²) in [6.07, 6.45) is 4.17. The Bertz CT molecular complexity index is 1820. The Labute approximate surface area is 229 Å². The molecule has 1 heterocycles. The van der Waals surface area contributed by atoms with Gasteiger partial charge in [-0.15, -0.1) is 0 Å². The number of aromatic nitrogens is 1. The highest BCUT2D eigenvalue weighted by atomic mass is 35.5. The first-order valence-corrected chi connectivity index (χ1v) is 12.7. The molecular formula is C32H23ClN2O4. The van der Waals surface area contributed by atoms with E-state index in [0.717, 1.165) is 39.0 Å². The minimum absolute atomic E-state index is 0.0142. The van der Waals surface area contributed by atoms with Gasteiger partial charge in [0.1, 0.15) is 0 Å². The number of allylic oxidation sites excluding steroid dienone is 1. The van der Waals surface area contributed by atoms with Crippen LogP contribution in [-0.4, -0.2) is 25.0 Å². The Hall–Kier alpha value is -4.86. The minimum Gasteiger partial charge on any atom is -0.504 e. The normalized spacial score (nSPS) is 14.3. The Morgan fingerprint density at radius 3 is 2.08 bits per heavy atom. The molecule has 0 spiro atoms. The van der Waals surface area contributed by atoms with Crippen LogP contribution in [0.5, 0.6) is 23.0 Å². The number of benzene rings is 4. The van der Waals surface area contributed by atoms with Crippen molar-refractivity contribution in [1.29, 1.82) is 5.26 Å². The summed E-state index contributed by atoms with van der Waals surface area (Å²) in [7, 11) is 0. The molecule has 0 aliphatic heterocycles. The molecule has 6 nitrogen and oxygen atoms in total. The smallest absolute Gasteiger partial charge is 0.165 e. The zero-order valence-corrected chi connectivity index (χ0v) is 21.6. The lowest BCUT2D eigenvalue weighted by Crippen LogP contribution is -2.10. The van der Waals surface area contributed by atoms with Crippen LogP contribution in [0, 0.1) is 18.3 Å². The van der Waals surface area contributed by atoms with Gasteiger partial charge < -0.3 is 25.0 Å². The van der Waals surface area contributed by atoms with Gasteiger partial charge in [0, 0.05) is 38.8 Å². The van der Waals surface area contributed by atoms with Crippen molar-refractivity contribution in [1.82, 2.24) is 4.57 Å². The van der Waals surface area contributed by atoms with Gasteiger partial charge >= 0.3 is 0 Å². The highest BCUT2D eigenvalue weighted by Gasteiger charge is 2.30. The van der Waals surface area contributed by atoms with Crippen molar-refractivity contribution < 1.29 is 20.4 Å². The Morgan fingerprint density at radius 1 is 0.846 bits per heavy atom. The van der Waals surface area contributed by atoms with E-state index in [0.29, 0.717) is 17.0 Å². The molecule has 7 heteroatoms. The van der Waals surface area contributed by atoms with Crippen molar-refractivity contribution in [3.05, 3.63) is 106 Å². The Balaban J connectivity index is 1.48.